The molecule has 0 atom stereocenters. The first-order chi connectivity index (χ1) is 10.7. The summed E-state index contributed by atoms with van der Waals surface area (Å²) in [5, 5.41) is 6.99. The van der Waals surface area contributed by atoms with Crippen LogP contribution >= 0.6 is 0 Å². The molecule has 9 heteroatoms. The molecule has 2 rings (SSSR count). The molecule has 2 aromatic rings. The van der Waals surface area contributed by atoms with Crippen molar-refractivity contribution in [2.75, 3.05) is 5.32 Å². The van der Waals surface area contributed by atoms with Crippen LogP contribution in [0.2, 0.25) is 0 Å². The molecule has 0 saturated heterocycles. The maximum absolute atomic E-state index is 12.8. The van der Waals surface area contributed by atoms with Gasteiger partial charge in [-0.25, -0.2) is 8.42 Å². The molecular formula is C14H16F3N3O2S. The number of para-hydroxylation sites is 1. The smallest absolute Gasteiger partial charge is 0.380 e. The van der Waals surface area contributed by atoms with Crippen molar-refractivity contribution in [3.63, 3.8) is 0 Å². The quantitative estimate of drug-likeness (QED) is 0.903. The highest BCUT2D eigenvalue weighted by Gasteiger charge is 2.47. The van der Waals surface area contributed by atoms with E-state index < -0.39 is 20.2 Å². The standard InChI is InChI=1S/C14H16F3N3O2S/c1-3-11-10(9-20(2)19-11)8-18-12-6-4-5-7-13(12)23(21,22)14(15,16)17/h4-7,9,18H,3,8H2,1-2H3. The van der Waals surface area contributed by atoms with Gasteiger partial charge in [-0.3, -0.25) is 4.68 Å². The van der Waals surface area contributed by atoms with Crippen molar-refractivity contribution in [3.8, 4) is 0 Å². The SMILES string of the molecule is CCc1nn(C)cc1CNc1ccccc1S(=O)(=O)C(F)(F)F. The Hall–Kier alpha value is -2.03. The van der Waals surface area contributed by atoms with E-state index in [1.807, 2.05) is 6.92 Å². The molecule has 126 valence electrons. The lowest BCUT2D eigenvalue weighted by atomic mass is 10.2. The summed E-state index contributed by atoms with van der Waals surface area (Å²) in [6.45, 7) is 2.09. The second-order valence-electron chi connectivity index (χ2n) is 4.93. The summed E-state index contributed by atoms with van der Waals surface area (Å²) >= 11 is 0. The number of halogens is 3. The molecule has 0 bridgehead atoms. The van der Waals surface area contributed by atoms with Crippen LogP contribution in [0.25, 0.3) is 0 Å². The first kappa shape index (κ1) is 17.3. The molecule has 23 heavy (non-hydrogen) atoms. The minimum Gasteiger partial charge on any atom is -0.380 e. The van der Waals surface area contributed by atoms with Gasteiger partial charge in [0.15, 0.2) is 0 Å². The van der Waals surface area contributed by atoms with E-state index in [0.29, 0.717) is 6.42 Å². The zero-order valence-corrected chi connectivity index (χ0v) is 13.4. The summed E-state index contributed by atoms with van der Waals surface area (Å²) < 4.78 is 63.1. The predicted octanol–water partition coefficient (Wildman–Crippen LogP) is 2.89. The average molecular weight is 347 g/mol. The number of anilines is 1. The van der Waals surface area contributed by atoms with E-state index in [0.717, 1.165) is 17.3 Å². The topological polar surface area (TPSA) is 64.0 Å². The van der Waals surface area contributed by atoms with Gasteiger partial charge in [-0.1, -0.05) is 19.1 Å². The van der Waals surface area contributed by atoms with E-state index in [2.05, 4.69) is 10.4 Å². The van der Waals surface area contributed by atoms with Crippen LogP contribution in [0.4, 0.5) is 18.9 Å². The Bertz CT molecular complexity index is 798. The molecule has 0 saturated carbocycles. The Morgan fingerprint density at radius 2 is 1.91 bits per heavy atom. The van der Waals surface area contributed by atoms with Gasteiger partial charge in [-0.2, -0.15) is 18.3 Å². The van der Waals surface area contributed by atoms with Gasteiger partial charge in [0.1, 0.15) is 0 Å². The van der Waals surface area contributed by atoms with Crippen molar-refractivity contribution >= 4 is 15.5 Å². The van der Waals surface area contributed by atoms with Gasteiger partial charge < -0.3 is 5.32 Å². The number of aromatic nitrogens is 2. The third-order valence-corrected chi connectivity index (χ3v) is 4.82. The molecule has 1 aromatic heterocycles. The summed E-state index contributed by atoms with van der Waals surface area (Å²) in [6.07, 6.45) is 2.41. The molecule has 1 N–H and O–H groups in total. The van der Waals surface area contributed by atoms with Gasteiger partial charge >= 0.3 is 5.51 Å². The van der Waals surface area contributed by atoms with Crippen molar-refractivity contribution in [1.82, 2.24) is 9.78 Å². The molecule has 1 aromatic carbocycles. The maximum Gasteiger partial charge on any atom is 0.501 e. The van der Waals surface area contributed by atoms with E-state index >= 15 is 0 Å². The average Bonchev–Trinajstić information content (AvgIpc) is 2.84. The molecule has 1 heterocycles. The van der Waals surface area contributed by atoms with E-state index in [4.69, 9.17) is 0 Å². The predicted molar refractivity (Wildman–Crippen MR) is 79.6 cm³/mol. The van der Waals surface area contributed by atoms with Gasteiger partial charge in [0.25, 0.3) is 9.84 Å². The third kappa shape index (κ3) is 3.49. The number of nitrogens with one attached hydrogen (secondary N) is 1. The minimum absolute atomic E-state index is 0.0873. The number of alkyl halides is 3. The third-order valence-electron chi connectivity index (χ3n) is 3.28. The van der Waals surface area contributed by atoms with E-state index in [1.165, 1.54) is 18.2 Å². The fraction of sp³-hybridized carbons (Fsp3) is 0.357. The zero-order valence-electron chi connectivity index (χ0n) is 12.6. The van der Waals surface area contributed by atoms with Crippen molar-refractivity contribution < 1.29 is 21.6 Å². The Morgan fingerprint density at radius 1 is 1.26 bits per heavy atom. The largest absolute Gasteiger partial charge is 0.501 e. The van der Waals surface area contributed by atoms with Crippen LogP contribution in [0.3, 0.4) is 0 Å². The molecular weight excluding hydrogens is 331 g/mol. The lowest BCUT2D eigenvalue weighted by Gasteiger charge is -2.14. The Balaban J connectivity index is 2.32. The summed E-state index contributed by atoms with van der Waals surface area (Å²) in [5.74, 6) is 0. The van der Waals surface area contributed by atoms with E-state index in [-0.39, 0.29) is 12.2 Å². The fourth-order valence-corrected chi connectivity index (χ4v) is 3.13. The monoisotopic (exact) mass is 347 g/mol. The number of nitrogens with zero attached hydrogens (tertiary/aromatic N) is 2. The van der Waals surface area contributed by atoms with Crippen LogP contribution in [-0.4, -0.2) is 23.7 Å². The number of hydrogen-bond donors (Lipinski definition) is 1. The first-order valence-electron chi connectivity index (χ1n) is 6.82. The highest BCUT2D eigenvalue weighted by atomic mass is 32.2. The highest BCUT2D eigenvalue weighted by Crippen LogP contribution is 2.34. The van der Waals surface area contributed by atoms with Gasteiger partial charge in [0.2, 0.25) is 0 Å². The molecule has 0 aliphatic carbocycles. The van der Waals surface area contributed by atoms with Gasteiger partial charge in [-0.15, -0.1) is 0 Å². The molecule has 0 aliphatic heterocycles. The summed E-state index contributed by atoms with van der Waals surface area (Å²) in [7, 11) is -3.66. The summed E-state index contributed by atoms with van der Waals surface area (Å²) in [5.41, 5.74) is -3.82. The van der Waals surface area contributed by atoms with Crippen LogP contribution in [0.5, 0.6) is 0 Å². The Morgan fingerprint density at radius 3 is 2.52 bits per heavy atom. The second kappa shape index (κ2) is 6.23. The van der Waals surface area contributed by atoms with Crippen molar-refractivity contribution in [1.29, 1.82) is 0 Å². The van der Waals surface area contributed by atoms with Gasteiger partial charge in [-0.05, 0) is 18.6 Å². The second-order valence-corrected chi connectivity index (χ2v) is 6.84. The summed E-state index contributed by atoms with van der Waals surface area (Å²) in [4.78, 5) is -0.783. The molecule has 0 aliphatic rings. The lowest BCUT2D eigenvalue weighted by molar-refractivity contribution is -0.0435. The van der Waals surface area contributed by atoms with Gasteiger partial charge in [0, 0.05) is 25.4 Å². The van der Waals surface area contributed by atoms with Crippen molar-refractivity contribution in [3.05, 3.63) is 41.7 Å². The maximum atomic E-state index is 12.8. The highest BCUT2D eigenvalue weighted by molar-refractivity contribution is 7.92. The van der Waals surface area contributed by atoms with Crippen LogP contribution in [0.15, 0.2) is 35.4 Å². The van der Waals surface area contributed by atoms with E-state index in [9.17, 15) is 21.6 Å². The summed E-state index contributed by atoms with van der Waals surface area (Å²) in [6, 6.07) is 4.97. The number of sulfone groups is 1. The molecule has 0 fully saturated rings. The molecule has 5 nitrogen and oxygen atoms in total. The van der Waals surface area contributed by atoms with Crippen LogP contribution in [0, 0.1) is 0 Å². The van der Waals surface area contributed by atoms with Gasteiger partial charge in [0.05, 0.1) is 16.3 Å². The van der Waals surface area contributed by atoms with Crippen molar-refractivity contribution in [2.45, 2.75) is 30.3 Å². The molecule has 0 unspecified atom stereocenters. The first-order valence-corrected chi connectivity index (χ1v) is 8.30. The molecule has 0 spiro atoms. The lowest BCUT2D eigenvalue weighted by Crippen LogP contribution is -2.24. The molecule has 0 amide bonds. The fourth-order valence-electron chi connectivity index (χ4n) is 2.19. The van der Waals surface area contributed by atoms with Crippen molar-refractivity contribution in [2.24, 2.45) is 7.05 Å². The van der Waals surface area contributed by atoms with Crippen LogP contribution in [0.1, 0.15) is 18.2 Å². The number of hydrogen-bond acceptors (Lipinski definition) is 4. The number of rotatable bonds is 5. The van der Waals surface area contributed by atoms with E-state index in [1.54, 1.807) is 17.9 Å². The Labute approximate surface area is 132 Å². The van der Waals surface area contributed by atoms with Crippen LogP contribution < -0.4 is 5.32 Å². The molecule has 0 radical (unpaired) electrons. The normalized spacial score (nSPS) is 12.4. The van der Waals surface area contributed by atoms with Crippen LogP contribution in [-0.2, 0) is 29.9 Å². The number of aryl methyl sites for hydroxylation is 2. The Kier molecular flexibility index (Phi) is 4.69. The minimum atomic E-state index is -5.41. The number of benzene rings is 1. The zero-order chi connectivity index (χ0) is 17.3.